The second-order valence-electron chi connectivity index (χ2n) is 3.43. The lowest BCUT2D eigenvalue weighted by Gasteiger charge is -2.14. The number of nitrogens with one attached hydrogen (secondary N) is 1. The fourth-order valence-electron chi connectivity index (χ4n) is 1.23. The van der Waals surface area contributed by atoms with Crippen LogP contribution in [0.4, 0.5) is 4.79 Å². The van der Waals surface area contributed by atoms with Crippen LogP contribution in [0.25, 0.3) is 6.08 Å². The van der Waals surface area contributed by atoms with Crippen LogP contribution in [0.5, 0.6) is 0 Å². The summed E-state index contributed by atoms with van der Waals surface area (Å²) in [6.07, 6.45) is 2.62. The number of aliphatic carboxylic acids is 1. The van der Waals surface area contributed by atoms with Crippen LogP contribution in [-0.4, -0.2) is 36.1 Å². The number of thiophene rings is 1. The van der Waals surface area contributed by atoms with Crippen LogP contribution in [0, 0.1) is 0 Å². The summed E-state index contributed by atoms with van der Waals surface area (Å²) in [6.45, 7) is 0.505. The summed E-state index contributed by atoms with van der Waals surface area (Å²) in [5, 5.41) is 12.9. The molecule has 0 spiro atoms. The van der Waals surface area contributed by atoms with Crippen LogP contribution in [0.2, 0.25) is 0 Å². The molecule has 0 saturated carbocycles. The summed E-state index contributed by atoms with van der Waals surface area (Å²) in [4.78, 5) is 24.2. The molecule has 17 heavy (non-hydrogen) atoms. The maximum atomic E-state index is 11.3. The molecule has 5 nitrogen and oxygen atoms in total. The number of rotatable bonds is 4. The van der Waals surface area contributed by atoms with Gasteiger partial charge in [-0.25, -0.2) is 9.59 Å². The average Bonchev–Trinajstić information content (AvgIpc) is 2.73. The Balaban J connectivity index is 2.62. The molecule has 1 aromatic rings. The van der Waals surface area contributed by atoms with Crippen molar-refractivity contribution in [3.05, 3.63) is 28.0 Å². The molecule has 2 amide bonds. The molecule has 6 heteroatoms. The van der Waals surface area contributed by atoms with Crippen LogP contribution < -0.4 is 5.32 Å². The van der Waals surface area contributed by atoms with Gasteiger partial charge >= 0.3 is 12.0 Å². The van der Waals surface area contributed by atoms with Gasteiger partial charge in [0.05, 0.1) is 6.54 Å². The lowest BCUT2D eigenvalue weighted by atomic mass is 10.3. The van der Waals surface area contributed by atoms with Gasteiger partial charge in [0.15, 0.2) is 0 Å². The molecule has 1 rings (SSSR count). The van der Waals surface area contributed by atoms with Gasteiger partial charge in [-0.2, -0.15) is 0 Å². The predicted molar refractivity (Wildman–Crippen MR) is 66.9 cm³/mol. The summed E-state index contributed by atoms with van der Waals surface area (Å²) in [7, 11) is 3.28. The third-order valence-electron chi connectivity index (χ3n) is 2.05. The first-order valence-electron chi connectivity index (χ1n) is 4.94. The normalized spacial score (nSPS) is 10.5. The third kappa shape index (κ3) is 4.28. The smallest absolute Gasteiger partial charge is 0.328 e. The van der Waals surface area contributed by atoms with E-state index in [4.69, 9.17) is 5.11 Å². The molecule has 0 aromatic carbocycles. The maximum Gasteiger partial charge on any atom is 0.328 e. The van der Waals surface area contributed by atoms with Crippen LogP contribution in [-0.2, 0) is 11.3 Å². The van der Waals surface area contributed by atoms with E-state index < -0.39 is 5.97 Å². The van der Waals surface area contributed by atoms with Crippen LogP contribution in [0.1, 0.15) is 10.4 Å². The molecule has 92 valence electrons. The van der Waals surface area contributed by atoms with Gasteiger partial charge in [-0.3, -0.25) is 0 Å². The first-order valence-corrected chi connectivity index (χ1v) is 5.82. The number of hydrogen-bond donors (Lipinski definition) is 2. The molecule has 0 radical (unpaired) electrons. The number of carbonyl (C=O) groups excluding carboxylic acids is 1. The van der Waals surface area contributed by atoms with Gasteiger partial charge in [-0.05, 0) is 23.1 Å². The molecule has 0 aliphatic rings. The van der Waals surface area contributed by atoms with Crippen LogP contribution in [0.3, 0.4) is 0 Å². The second-order valence-corrected chi connectivity index (χ2v) is 4.42. The summed E-state index contributed by atoms with van der Waals surface area (Å²) < 4.78 is 0. The lowest BCUT2D eigenvalue weighted by Crippen LogP contribution is -2.34. The molecule has 2 N–H and O–H groups in total. The molecule has 0 bridgehead atoms. The summed E-state index contributed by atoms with van der Waals surface area (Å²) in [6, 6.07) is 1.71. The molecule has 0 unspecified atom stereocenters. The number of hydrogen-bond acceptors (Lipinski definition) is 3. The molecule has 0 aliphatic carbocycles. The monoisotopic (exact) mass is 254 g/mol. The van der Waals surface area contributed by atoms with E-state index in [-0.39, 0.29) is 6.03 Å². The Bertz CT molecular complexity index is 440. The first kappa shape index (κ1) is 13.2. The first-order chi connectivity index (χ1) is 8.02. The highest BCUT2D eigenvalue weighted by molar-refractivity contribution is 7.10. The van der Waals surface area contributed by atoms with Crippen molar-refractivity contribution in [3.63, 3.8) is 0 Å². The predicted octanol–water partition coefficient (Wildman–Crippen LogP) is 1.62. The van der Waals surface area contributed by atoms with E-state index in [1.54, 1.807) is 19.0 Å². The van der Waals surface area contributed by atoms with Crippen molar-refractivity contribution in [1.82, 2.24) is 10.2 Å². The SMILES string of the molecule is CNC(=O)N(C)Cc1cc(/C=C/C(=O)O)cs1. The van der Waals surface area contributed by atoms with Gasteiger partial charge in [0.1, 0.15) is 0 Å². The number of urea groups is 1. The highest BCUT2D eigenvalue weighted by Crippen LogP contribution is 2.17. The molecular formula is C11H14N2O3S. The van der Waals surface area contributed by atoms with Crippen molar-refractivity contribution >= 4 is 29.4 Å². The maximum absolute atomic E-state index is 11.3. The molecule has 1 aromatic heterocycles. The van der Waals surface area contributed by atoms with E-state index in [2.05, 4.69) is 5.32 Å². The number of carbonyl (C=O) groups is 2. The minimum absolute atomic E-state index is 0.152. The number of carboxylic acids is 1. The Morgan fingerprint density at radius 3 is 2.88 bits per heavy atom. The number of nitrogens with zero attached hydrogens (tertiary/aromatic N) is 1. The van der Waals surface area contributed by atoms with Crippen LogP contribution >= 0.6 is 11.3 Å². The Kier molecular flexibility index (Phi) is 4.71. The molecule has 1 heterocycles. The topological polar surface area (TPSA) is 69.6 Å². The van der Waals surface area contributed by atoms with E-state index in [1.165, 1.54) is 17.4 Å². The van der Waals surface area contributed by atoms with Gasteiger partial charge in [-0.1, -0.05) is 0 Å². The van der Waals surface area contributed by atoms with Crippen molar-refractivity contribution in [2.45, 2.75) is 6.54 Å². The molecule has 0 aliphatic heterocycles. The van der Waals surface area contributed by atoms with Crippen molar-refractivity contribution in [2.75, 3.05) is 14.1 Å². The Hall–Kier alpha value is -1.82. The zero-order chi connectivity index (χ0) is 12.8. The average molecular weight is 254 g/mol. The van der Waals surface area contributed by atoms with Crippen LogP contribution in [0.15, 0.2) is 17.5 Å². The summed E-state index contributed by atoms with van der Waals surface area (Å²) in [5.74, 6) is -0.972. The van der Waals surface area contributed by atoms with E-state index in [9.17, 15) is 9.59 Å². The fraction of sp³-hybridized carbons (Fsp3) is 0.273. The van der Waals surface area contributed by atoms with E-state index >= 15 is 0 Å². The Morgan fingerprint density at radius 2 is 2.29 bits per heavy atom. The van der Waals surface area contributed by atoms with Crippen molar-refractivity contribution in [3.8, 4) is 0 Å². The standard InChI is InChI=1S/C11H14N2O3S/c1-12-11(16)13(2)6-9-5-8(7-17-9)3-4-10(14)15/h3-5,7H,6H2,1-2H3,(H,12,16)(H,14,15)/b4-3+. The minimum Gasteiger partial charge on any atom is -0.478 e. The Morgan fingerprint density at radius 1 is 1.59 bits per heavy atom. The Labute approximate surface area is 103 Å². The van der Waals surface area contributed by atoms with E-state index in [0.717, 1.165) is 16.5 Å². The van der Waals surface area contributed by atoms with Gasteiger partial charge in [-0.15, -0.1) is 11.3 Å². The van der Waals surface area contributed by atoms with Gasteiger partial charge < -0.3 is 15.3 Å². The van der Waals surface area contributed by atoms with Crippen molar-refractivity contribution in [1.29, 1.82) is 0 Å². The number of carboxylic acid groups (broad SMARTS) is 1. The van der Waals surface area contributed by atoms with Gasteiger partial charge in [0.2, 0.25) is 0 Å². The van der Waals surface area contributed by atoms with Crippen molar-refractivity contribution < 1.29 is 14.7 Å². The molecular weight excluding hydrogens is 240 g/mol. The number of amides is 2. The molecule has 0 saturated heterocycles. The van der Waals surface area contributed by atoms with Crippen molar-refractivity contribution in [2.24, 2.45) is 0 Å². The zero-order valence-electron chi connectivity index (χ0n) is 9.64. The van der Waals surface area contributed by atoms with E-state index in [0.29, 0.717) is 6.54 Å². The fourth-order valence-corrected chi connectivity index (χ4v) is 2.14. The second kappa shape index (κ2) is 6.05. The lowest BCUT2D eigenvalue weighted by molar-refractivity contribution is -0.131. The van der Waals surface area contributed by atoms with Gasteiger partial charge in [0, 0.05) is 25.0 Å². The highest BCUT2D eigenvalue weighted by Gasteiger charge is 2.07. The molecule has 0 fully saturated rings. The van der Waals surface area contributed by atoms with E-state index in [1.807, 2.05) is 11.4 Å². The molecule has 0 atom stereocenters. The van der Waals surface area contributed by atoms with Gasteiger partial charge in [0.25, 0.3) is 0 Å². The summed E-state index contributed by atoms with van der Waals surface area (Å²) in [5.41, 5.74) is 0.831. The minimum atomic E-state index is -0.972. The third-order valence-corrected chi connectivity index (χ3v) is 2.99. The quantitative estimate of drug-likeness (QED) is 0.802. The largest absolute Gasteiger partial charge is 0.478 e. The highest BCUT2D eigenvalue weighted by atomic mass is 32.1. The zero-order valence-corrected chi connectivity index (χ0v) is 10.5. The summed E-state index contributed by atoms with van der Waals surface area (Å²) >= 11 is 1.49.